The lowest BCUT2D eigenvalue weighted by molar-refractivity contribution is 0.0231. The summed E-state index contributed by atoms with van der Waals surface area (Å²) in [6.07, 6.45) is 0. The first-order valence-electron chi connectivity index (χ1n) is 6.78. The molecule has 1 N–H and O–H groups in total. The van der Waals surface area contributed by atoms with Gasteiger partial charge in [-0.05, 0) is 12.1 Å². The zero-order valence-corrected chi connectivity index (χ0v) is 12.8. The van der Waals surface area contributed by atoms with E-state index in [2.05, 4.69) is 17.0 Å². The molecule has 1 heterocycles. The Morgan fingerprint density at radius 2 is 1.67 bits per heavy atom. The van der Waals surface area contributed by atoms with Gasteiger partial charge < -0.3 is 24.4 Å². The van der Waals surface area contributed by atoms with Crippen LogP contribution in [0.15, 0.2) is 18.7 Å². The summed E-state index contributed by atoms with van der Waals surface area (Å²) >= 11 is 0. The first-order valence-corrected chi connectivity index (χ1v) is 6.78. The van der Waals surface area contributed by atoms with Gasteiger partial charge >= 0.3 is 0 Å². The summed E-state index contributed by atoms with van der Waals surface area (Å²) in [5.74, 6) is 1.79. The highest BCUT2D eigenvalue weighted by molar-refractivity contribution is 5.68. The average molecular weight is 294 g/mol. The van der Waals surface area contributed by atoms with Crippen LogP contribution in [0, 0.1) is 0 Å². The molecule has 1 aliphatic heterocycles. The Labute approximate surface area is 125 Å². The van der Waals surface area contributed by atoms with E-state index in [1.54, 1.807) is 21.3 Å². The molecule has 0 radical (unpaired) electrons. The van der Waals surface area contributed by atoms with E-state index >= 15 is 0 Å². The summed E-state index contributed by atoms with van der Waals surface area (Å²) in [6.45, 7) is 7.16. The van der Waals surface area contributed by atoms with Gasteiger partial charge in [-0.1, -0.05) is 6.58 Å². The Bertz CT molecular complexity index is 473. The number of benzene rings is 1. The van der Waals surface area contributed by atoms with Crippen molar-refractivity contribution in [1.82, 2.24) is 10.4 Å². The maximum Gasteiger partial charge on any atom is 0.203 e. The molecule has 0 aliphatic carbocycles. The second kappa shape index (κ2) is 7.19. The van der Waals surface area contributed by atoms with Crippen molar-refractivity contribution in [1.29, 1.82) is 0 Å². The first kappa shape index (κ1) is 15.5. The van der Waals surface area contributed by atoms with Crippen molar-refractivity contribution in [3.8, 4) is 17.2 Å². The SMILES string of the molecule is C=C(NN1CCOCC1)c1cc(OC)c(OC)c(OC)c1. The smallest absolute Gasteiger partial charge is 0.203 e. The molecule has 0 bridgehead atoms. The van der Waals surface area contributed by atoms with Gasteiger partial charge in [0.1, 0.15) is 0 Å². The van der Waals surface area contributed by atoms with E-state index in [1.807, 2.05) is 12.1 Å². The summed E-state index contributed by atoms with van der Waals surface area (Å²) in [5.41, 5.74) is 4.94. The standard InChI is InChI=1S/C15H22N2O4/c1-11(16-17-5-7-21-8-6-17)12-9-13(18-2)15(20-4)14(10-12)19-3/h9-10,16H,1,5-8H2,2-4H3. The fourth-order valence-electron chi connectivity index (χ4n) is 2.19. The van der Waals surface area contributed by atoms with Crippen molar-refractivity contribution in [2.75, 3.05) is 47.6 Å². The van der Waals surface area contributed by atoms with E-state index in [0.717, 1.165) is 37.6 Å². The fourth-order valence-corrected chi connectivity index (χ4v) is 2.19. The zero-order valence-electron chi connectivity index (χ0n) is 12.8. The minimum absolute atomic E-state index is 0.572. The van der Waals surface area contributed by atoms with E-state index in [0.29, 0.717) is 17.2 Å². The molecule has 6 heteroatoms. The van der Waals surface area contributed by atoms with Crippen LogP contribution in [0.2, 0.25) is 0 Å². The van der Waals surface area contributed by atoms with Crippen molar-refractivity contribution in [2.24, 2.45) is 0 Å². The number of rotatable bonds is 6. The van der Waals surface area contributed by atoms with Crippen LogP contribution in [0.25, 0.3) is 5.70 Å². The molecule has 1 aromatic carbocycles. The van der Waals surface area contributed by atoms with Gasteiger partial charge in [0, 0.05) is 24.4 Å². The Balaban J connectivity index is 2.19. The molecule has 1 aromatic rings. The molecule has 1 aliphatic rings. The molecular formula is C15H22N2O4. The van der Waals surface area contributed by atoms with Crippen molar-refractivity contribution in [3.63, 3.8) is 0 Å². The molecule has 0 amide bonds. The van der Waals surface area contributed by atoms with E-state index < -0.39 is 0 Å². The van der Waals surface area contributed by atoms with Crippen LogP contribution in [-0.2, 0) is 4.74 Å². The average Bonchev–Trinajstić information content (AvgIpc) is 2.54. The number of hydrogen-bond acceptors (Lipinski definition) is 6. The van der Waals surface area contributed by atoms with E-state index in [9.17, 15) is 0 Å². The van der Waals surface area contributed by atoms with Crippen LogP contribution < -0.4 is 19.6 Å². The van der Waals surface area contributed by atoms with E-state index in [4.69, 9.17) is 18.9 Å². The lowest BCUT2D eigenvalue weighted by Crippen LogP contribution is -2.44. The minimum atomic E-state index is 0.572. The Kier molecular flexibility index (Phi) is 5.30. The van der Waals surface area contributed by atoms with Gasteiger partial charge in [0.2, 0.25) is 5.75 Å². The summed E-state index contributed by atoms with van der Waals surface area (Å²) in [6, 6.07) is 3.74. The third-order valence-corrected chi connectivity index (χ3v) is 3.32. The number of methoxy groups -OCH3 is 3. The highest BCUT2D eigenvalue weighted by atomic mass is 16.5. The summed E-state index contributed by atoms with van der Waals surface area (Å²) in [7, 11) is 4.78. The first-order chi connectivity index (χ1) is 10.2. The van der Waals surface area contributed by atoms with E-state index in [1.165, 1.54) is 0 Å². The molecule has 0 spiro atoms. The summed E-state index contributed by atoms with van der Waals surface area (Å²) < 4.78 is 21.3. The third-order valence-electron chi connectivity index (χ3n) is 3.32. The normalized spacial score (nSPS) is 15.4. The molecule has 0 unspecified atom stereocenters. The van der Waals surface area contributed by atoms with Gasteiger partial charge in [-0.15, -0.1) is 0 Å². The second-order valence-electron chi connectivity index (χ2n) is 4.60. The molecule has 0 aromatic heterocycles. The fraction of sp³-hybridized carbons (Fsp3) is 0.467. The number of ether oxygens (including phenoxy) is 4. The van der Waals surface area contributed by atoms with Crippen molar-refractivity contribution in [2.45, 2.75) is 0 Å². The van der Waals surface area contributed by atoms with Crippen LogP contribution in [0.5, 0.6) is 17.2 Å². The Morgan fingerprint density at radius 1 is 1.10 bits per heavy atom. The molecule has 0 saturated carbocycles. The topological polar surface area (TPSA) is 52.2 Å². The van der Waals surface area contributed by atoms with Gasteiger partial charge in [-0.2, -0.15) is 0 Å². The maximum atomic E-state index is 5.35. The monoisotopic (exact) mass is 294 g/mol. The lowest BCUT2D eigenvalue weighted by Gasteiger charge is -2.29. The molecule has 116 valence electrons. The maximum absolute atomic E-state index is 5.35. The Morgan fingerprint density at radius 3 is 2.14 bits per heavy atom. The van der Waals surface area contributed by atoms with Crippen LogP contribution in [0.4, 0.5) is 0 Å². The number of nitrogens with one attached hydrogen (secondary N) is 1. The summed E-state index contributed by atoms with van der Waals surface area (Å²) in [4.78, 5) is 0. The molecule has 21 heavy (non-hydrogen) atoms. The number of hydrogen-bond donors (Lipinski definition) is 1. The van der Waals surface area contributed by atoms with E-state index in [-0.39, 0.29) is 0 Å². The molecular weight excluding hydrogens is 272 g/mol. The second-order valence-corrected chi connectivity index (χ2v) is 4.60. The molecule has 2 rings (SSSR count). The lowest BCUT2D eigenvalue weighted by atomic mass is 10.1. The van der Waals surface area contributed by atoms with Gasteiger partial charge in [-0.3, -0.25) is 0 Å². The molecule has 0 atom stereocenters. The zero-order chi connectivity index (χ0) is 15.2. The number of hydrazine groups is 1. The van der Waals surface area contributed by atoms with Gasteiger partial charge in [0.15, 0.2) is 11.5 Å². The molecule has 1 fully saturated rings. The summed E-state index contributed by atoms with van der Waals surface area (Å²) in [5, 5.41) is 2.08. The third kappa shape index (κ3) is 3.59. The quantitative estimate of drug-likeness (QED) is 0.858. The number of morpholine rings is 1. The largest absolute Gasteiger partial charge is 0.493 e. The predicted molar refractivity (Wildman–Crippen MR) is 80.7 cm³/mol. The number of nitrogens with zero attached hydrogens (tertiary/aromatic N) is 1. The van der Waals surface area contributed by atoms with Crippen LogP contribution in [-0.4, -0.2) is 52.6 Å². The predicted octanol–water partition coefficient (Wildman–Crippen LogP) is 1.52. The molecule has 6 nitrogen and oxygen atoms in total. The molecule has 1 saturated heterocycles. The van der Waals surface area contributed by atoms with Crippen molar-refractivity contribution in [3.05, 3.63) is 24.3 Å². The highest BCUT2D eigenvalue weighted by Crippen LogP contribution is 2.39. The van der Waals surface area contributed by atoms with Gasteiger partial charge in [0.05, 0.1) is 34.5 Å². The van der Waals surface area contributed by atoms with Crippen LogP contribution >= 0.6 is 0 Å². The van der Waals surface area contributed by atoms with Crippen LogP contribution in [0.1, 0.15) is 5.56 Å². The van der Waals surface area contributed by atoms with Crippen LogP contribution in [0.3, 0.4) is 0 Å². The Hall–Kier alpha value is -1.92. The highest BCUT2D eigenvalue weighted by Gasteiger charge is 2.16. The van der Waals surface area contributed by atoms with Crippen molar-refractivity contribution < 1.29 is 18.9 Å². The van der Waals surface area contributed by atoms with Gasteiger partial charge in [-0.25, -0.2) is 5.01 Å². The van der Waals surface area contributed by atoms with Gasteiger partial charge in [0.25, 0.3) is 0 Å². The van der Waals surface area contributed by atoms with Crippen molar-refractivity contribution >= 4 is 5.70 Å². The minimum Gasteiger partial charge on any atom is -0.493 e.